The first-order chi connectivity index (χ1) is 8.48. The van der Waals surface area contributed by atoms with Gasteiger partial charge in [-0.1, -0.05) is 71.1 Å². The van der Waals surface area contributed by atoms with E-state index in [1.54, 1.807) is 0 Å². The van der Waals surface area contributed by atoms with Crippen molar-refractivity contribution >= 4 is 8.56 Å². The van der Waals surface area contributed by atoms with Gasteiger partial charge in [-0.05, 0) is 13.0 Å². The second-order valence-electron chi connectivity index (χ2n) is 5.67. The zero-order valence-electron chi connectivity index (χ0n) is 12.3. The van der Waals surface area contributed by atoms with E-state index in [1.807, 2.05) is 0 Å². The highest BCUT2D eigenvalue weighted by Crippen LogP contribution is 2.13. The van der Waals surface area contributed by atoms with Gasteiger partial charge >= 0.3 is 8.56 Å². The Kier molecular flexibility index (Phi) is 11.0. The lowest BCUT2D eigenvalue weighted by Gasteiger charge is -2.20. The number of hydrogen-bond acceptors (Lipinski definition) is 3. The first-order valence-corrected chi connectivity index (χ1v) is 10.2. The molecule has 1 atom stereocenters. The molecule has 0 aliphatic heterocycles. The Morgan fingerprint density at radius 1 is 0.833 bits per heavy atom. The lowest BCUT2D eigenvalue weighted by Crippen LogP contribution is -2.50. The second-order valence-corrected chi connectivity index (χ2v) is 8.60. The van der Waals surface area contributed by atoms with E-state index in [2.05, 4.69) is 6.92 Å². The molecule has 3 nitrogen and oxygen atoms in total. The average molecular weight is 276 g/mol. The van der Waals surface area contributed by atoms with Crippen molar-refractivity contribution in [1.29, 1.82) is 0 Å². The molecule has 0 heterocycles. The van der Waals surface area contributed by atoms with Crippen molar-refractivity contribution in [3.63, 3.8) is 0 Å². The zero-order valence-corrected chi connectivity index (χ0v) is 13.3. The Hall–Kier alpha value is 0.0969. The highest BCUT2D eigenvalue weighted by atomic mass is 28.4. The minimum Gasteiger partial charge on any atom is -0.410 e. The molecule has 0 saturated carbocycles. The van der Waals surface area contributed by atoms with E-state index in [-0.39, 0.29) is 5.67 Å². The standard InChI is InChI=1S/C14H33NO2Si/c1-3-4-5-6-7-8-9-10-11-12-13-14(15)18(2,16)17/h14,16-17H,3-13,15H2,1-2H3. The van der Waals surface area contributed by atoms with Gasteiger partial charge in [0.25, 0.3) is 0 Å². The van der Waals surface area contributed by atoms with Crippen molar-refractivity contribution in [2.75, 3.05) is 0 Å². The zero-order chi connectivity index (χ0) is 13.9. The molecule has 0 aliphatic rings. The normalized spacial score (nSPS) is 13.8. The van der Waals surface area contributed by atoms with Gasteiger partial charge in [0.15, 0.2) is 0 Å². The molecule has 110 valence electrons. The van der Waals surface area contributed by atoms with Crippen LogP contribution in [0.5, 0.6) is 0 Å². The molecule has 0 radical (unpaired) electrons. The second kappa shape index (κ2) is 11.0. The van der Waals surface area contributed by atoms with E-state index in [0.717, 1.165) is 12.8 Å². The van der Waals surface area contributed by atoms with Gasteiger partial charge < -0.3 is 15.3 Å². The fourth-order valence-corrected chi connectivity index (χ4v) is 2.88. The van der Waals surface area contributed by atoms with Gasteiger partial charge in [0.1, 0.15) is 0 Å². The topological polar surface area (TPSA) is 66.5 Å². The molecule has 0 aromatic carbocycles. The van der Waals surface area contributed by atoms with Crippen LogP contribution in [0.3, 0.4) is 0 Å². The molecule has 0 aromatic heterocycles. The van der Waals surface area contributed by atoms with Gasteiger partial charge in [-0.15, -0.1) is 0 Å². The van der Waals surface area contributed by atoms with Crippen LogP contribution >= 0.6 is 0 Å². The van der Waals surface area contributed by atoms with Gasteiger partial charge in [0, 0.05) is 5.67 Å². The largest absolute Gasteiger partial charge is 0.410 e. The summed E-state index contributed by atoms with van der Waals surface area (Å²) in [4.78, 5) is 18.8. The lowest BCUT2D eigenvalue weighted by atomic mass is 10.1. The summed E-state index contributed by atoms with van der Waals surface area (Å²) < 4.78 is 0. The maximum absolute atomic E-state index is 9.40. The van der Waals surface area contributed by atoms with Gasteiger partial charge in [0.05, 0.1) is 0 Å². The summed E-state index contributed by atoms with van der Waals surface area (Å²) in [6.07, 6.45) is 13.7. The summed E-state index contributed by atoms with van der Waals surface area (Å²) in [5.41, 5.74) is 5.34. The summed E-state index contributed by atoms with van der Waals surface area (Å²) in [6, 6.07) is 0. The SMILES string of the molecule is CCCCCCCCCCCCC(N)[Si](C)(O)O. The van der Waals surface area contributed by atoms with Crippen molar-refractivity contribution in [2.24, 2.45) is 5.73 Å². The van der Waals surface area contributed by atoms with Gasteiger partial charge in [-0.3, -0.25) is 0 Å². The highest BCUT2D eigenvalue weighted by Gasteiger charge is 2.30. The summed E-state index contributed by atoms with van der Waals surface area (Å²) in [5, 5.41) is 0. The number of nitrogens with two attached hydrogens (primary N) is 1. The van der Waals surface area contributed by atoms with Crippen LogP contribution in [0.2, 0.25) is 6.55 Å². The third-order valence-electron chi connectivity index (χ3n) is 3.57. The number of unbranched alkanes of at least 4 members (excludes halogenated alkanes) is 9. The summed E-state index contributed by atoms with van der Waals surface area (Å²) in [6.45, 7) is 3.74. The summed E-state index contributed by atoms with van der Waals surface area (Å²) in [5.74, 6) is 0. The molecule has 0 saturated heterocycles. The van der Waals surface area contributed by atoms with Crippen LogP contribution < -0.4 is 5.73 Å². The fourth-order valence-electron chi connectivity index (χ4n) is 2.13. The van der Waals surface area contributed by atoms with Gasteiger partial charge in [0.2, 0.25) is 0 Å². The quantitative estimate of drug-likeness (QED) is 0.378. The van der Waals surface area contributed by atoms with Crippen LogP contribution in [0.1, 0.15) is 77.6 Å². The van der Waals surface area contributed by atoms with Crippen molar-refractivity contribution in [1.82, 2.24) is 0 Å². The molecule has 0 bridgehead atoms. The van der Waals surface area contributed by atoms with E-state index in [9.17, 15) is 9.59 Å². The van der Waals surface area contributed by atoms with Crippen LogP contribution in [0.25, 0.3) is 0 Å². The van der Waals surface area contributed by atoms with Crippen molar-refractivity contribution in [3.8, 4) is 0 Å². The summed E-state index contributed by atoms with van der Waals surface area (Å²) in [7, 11) is -3.08. The molecule has 0 amide bonds. The van der Waals surface area contributed by atoms with Crippen LogP contribution in [0.15, 0.2) is 0 Å². The van der Waals surface area contributed by atoms with E-state index < -0.39 is 8.56 Å². The van der Waals surface area contributed by atoms with Crippen molar-refractivity contribution < 1.29 is 9.59 Å². The smallest absolute Gasteiger partial charge is 0.346 e. The molecular weight excluding hydrogens is 242 g/mol. The van der Waals surface area contributed by atoms with Crippen molar-refractivity contribution in [2.45, 2.75) is 89.8 Å². The van der Waals surface area contributed by atoms with Crippen LogP contribution in [-0.4, -0.2) is 23.8 Å². The predicted molar refractivity (Wildman–Crippen MR) is 80.5 cm³/mol. The van der Waals surface area contributed by atoms with E-state index >= 15 is 0 Å². The minimum atomic E-state index is -3.08. The molecule has 1 unspecified atom stereocenters. The Morgan fingerprint density at radius 3 is 1.61 bits per heavy atom. The monoisotopic (exact) mass is 275 g/mol. The Balaban J connectivity index is 3.17. The molecule has 0 aromatic rings. The van der Waals surface area contributed by atoms with Crippen molar-refractivity contribution in [3.05, 3.63) is 0 Å². The Bertz CT molecular complexity index is 183. The van der Waals surface area contributed by atoms with Crippen LogP contribution in [0, 0.1) is 0 Å². The molecule has 4 N–H and O–H groups in total. The molecule has 4 heteroatoms. The molecular formula is C14H33NO2Si. The summed E-state index contributed by atoms with van der Waals surface area (Å²) >= 11 is 0. The maximum atomic E-state index is 9.40. The Morgan fingerprint density at radius 2 is 1.22 bits per heavy atom. The molecule has 0 aliphatic carbocycles. The van der Waals surface area contributed by atoms with Gasteiger partial charge in [-0.25, -0.2) is 0 Å². The molecule has 0 rings (SSSR count). The predicted octanol–water partition coefficient (Wildman–Crippen LogP) is 3.22. The lowest BCUT2D eigenvalue weighted by molar-refractivity contribution is 0.343. The van der Waals surface area contributed by atoms with Crippen LogP contribution in [0.4, 0.5) is 0 Å². The van der Waals surface area contributed by atoms with E-state index in [1.165, 1.54) is 64.3 Å². The Labute approximate surface area is 114 Å². The third kappa shape index (κ3) is 11.2. The first kappa shape index (κ1) is 18.1. The fraction of sp³-hybridized carbons (Fsp3) is 1.00. The minimum absolute atomic E-state index is 0.383. The molecule has 18 heavy (non-hydrogen) atoms. The first-order valence-electron chi connectivity index (χ1n) is 7.68. The number of rotatable bonds is 12. The average Bonchev–Trinajstić information content (AvgIpc) is 2.30. The van der Waals surface area contributed by atoms with E-state index in [0.29, 0.717) is 0 Å². The van der Waals surface area contributed by atoms with Gasteiger partial charge in [-0.2, -0.15) is 0 Å². The third-order valence-corrected chi connectivity index (χ3v) is 5.26. The highest BCUT2D eigenvalue weighted by molar-refractivity contribution is 6.64. The number of hydrogen-bond donors (Lipinski definition) is 3. The van der Waals surface area contributed by atoms with Crippen LogP contribution in [-0.2, 0) is 0 Å². The molecule has 0 fully saturated rings. The molecule has 0 spiro atoms. The van der Waals surface area contributed by atoms with E-state index in [4.69, 9.17) is 5.73 Å². The maximum Gasteiger partial charge on any atom is 0.346 e.